The molecular formula is C19H18INO. The maximum absolute atomic E-state index is 12.5. The van der Waals surface area contributed by atoms with Crippen molar-refractivity contribution < 1.29 is 4.79 Å². The molecule has 2 nitrogen and oxygen atoms in total. The summed E-state index contributed by atoms with van der Waals surface area (Å²) in [6.45, 7) is 1.93. The molecule has 0 aliphatic heterocycles. The maximum atomic E-state index is 12.5. The highest BCUT2D eigenvalue weighted by atomic mass is 127. The van der Waals surface area contributed by atoms with E-state index in [0.717, 1.165) is 29.7 Å². The van der Waals surface area contributed by atoms with E-state index in [0.29, 0.717) is 0 Å². The number of carbonyl (C=O) groups is 1. The number of aryl methyl sites for hydroxylation is 3. The van der Waals surface area contributed by atoms with Crippen LogP contribution in [0.1, 0.15) is 45.7 Å². The van der Waals surface area contributed by atoms with Crippen LogP contribution in [0.5, 0.6) is 0 Å². The van der Waals surface area contributed by atoms with Crippen molar-refractivity contribution in [2.75, 3.05) is 0 Å². The quantitative estimate of drug-likeness (QED) is 0.420. The summed E-state index contributed by atoms with van der Waals surface area (Å²) in [6, 6.07) is 10.2. The molecule has 1 aliphatic carbocycles. The highest BCUT2D eigenvalue weighted by molar-refractivity contribution is 14.1. The molecule has 22 heavy (non-hydrogen) atoms. The number of nitrogens with zero attached hydrogens (tertiary/aromatic N) is 1. The average Bonchev–Trinajstić information content (AvgIpc) is 2.53. The van der Waals surface area contributed by atoms with Gasteiger partial charge >= 0.3 is 0 Å². The monoisotopic (exact) mass is 403 g/mol. The minimum absolute atomic E-state index is 0.0388. The van der Waals surface area contributed by atoms with Crippen LogP contribution >= 0.6 is 22.6 Å². The Bertz CT molecular complexity index is 732. The second-order valence-electron chi connectivity index (χ2n) is 5.68. The molecular weight excluding hydrogens is 385 g/mol. The van der Waals surface area contributed by atoms with Gasteiger partial charge in [0.15, 0.2) is 5.78 Å². The zero-order valence-corrected chi connectivity index (χ0v) is 14.8. The van der Waals surface area contributed by atoms with E-state index in [1.54, 1.807) is 6.08 Å². The third-order valence-corrected chi connectivity index (χ3v) is 4.77. The maximum Gasteiger partial charge on any atom is 0.187 e. The zero-order valence-electron chi connectivity index (χ0n) is 12.6. The molecule has 3 rings (SSSR count). The average molecular weight is 403 g/mol. The SMILES string of the molecule is Cc1nc2c(cc1C(=O)/C=C/c1ccc(I)cc1)CCCC2. The lowest BCUT2D eigenvalue weighted by Crippen LogP contribution is -2.10. The molecule has 0 radical (unpaired) electrons. The van der Waals surface area contributed by atoms with E-state index in [9.17, 15) is 4.79 Å². The molecule has 0 unspecified atom stereocenters. The normalized spacial score (nSPS) is 14.1. The first-order valence-corrected chi connectivity index (χ1v) is 8.69. The highest BCUT2D eigenvalue weighted by Crippen LogP contribution is 2.22. The smallest absolute Gasteiger partial charge is 0.187 e. The first-order valence-electron chi connectivity index (χ1n) is 7.61. The van der Waals surface area contributed by atoms with E-state index in [1.807, 2.05) is 37.3 Å². The van der Waals surface area contributed by atoms with Crippen molar-refractivity contribution in [2.45, 2.75) is 32.6 Å². The van der Waals surface area contributed by atoms with E-state index in [2.05, 4.69) is 33.6 Å². The molecule has 3 heteroatoms. The van der Waals surface area contributed by atoms with Gasteiger partial charge in [-0.2, -0.15) is 0 Å². The molecule has 1 heterocycles. The van der Waals surface area contributed by atoms with Crippen LogP contribution in [0.15, 0.2) is 36.4 Å². The summed E-state index contributed by atoms with van der Waals surface area (Å²) in [5, 5.41) is 0. The lowest BCUT2D eigenvalue weighted by Gasteiger charge is -2.16. The van der Waals surface area contributed by atoms with Gasteiger partial charge in [-0.25, -0.2) is 0 Å². The number of pyridine rings is 1. The molecule has 1 aliphatic rings. The molecule has 0 atom stereocenters. The summed E-state index contributed by atoms with van der Waals surface area (Å²) in [5.74, 6) is 0.0388. The molecule has 0 spiro atoms. The van der Waals surface area contributed by atoms with Crippen LogP contribution in [0, 0.1) is 10.5 Å². The molecule has 112 valence electrons. The largest absolute Gasteiger partial charge is 0.289 e. The van der Waals surface area contributed by atoms with Crippen molar-refractivity contribution >= 4 is 34.5 Å². The summed E-state index contributed by atoms with van der Waals surface area (Å²) >= 11 is 2.27. The number of carbonyl (C=O) groups excluding carboxylic acids is 1. The van der Waals surface area contributed by atoms with Crippen molar-refractivity contribution in [3.63, 3.8) is 0 Å². The van der Waals surface area contributed by atoms with Crippen LogP contribution in [0.25, 0.3) is 6.08 Å². The van der Waals surface area contributed by atoms with Gasteiger partial charge in [-0.05, 0) is 90.6 Å². The summed E-state index contributed by atoms with van der Waals surface area (Å²) in [7, 11) is 0. The van der Waals surface area contributed by atoms with Crippen LogP contribution in [0.4, 0.5) is 0 Å². The van der Waals surface area contributed by atoms with Crippen LogP contribution in [0.3, 0.4) is 0 Å². The topological polar surface area (TPSA) is 30.0 Å². The van der Waals surface area contributed by atoms with Crippen molar-refractivity contribution in [1.29, 1.82) is 0 Å². The lowest BCUT2D eigenvalue weighted by molar-refractivity contribution is 0.104. The lowest BCUT2D eigenvalue weighted by atomic mass is 9.93. The molecule has 0 saturated heterocycles. The summed E-state index contributed by atoms with van der Waals surface area (Å²) < 4.78 is 1.19. The predicted octanol–water partition coefficient (Wildman–Crippen LogP) is 4.77. The van der Waals surface area contributed by atoms with Gasteiger partial charge in [-0.3, -0.25) is 9.78 Å². The molecule has 2 aromatic rings. The number of allylic oxidation sites excluding steroid dienone is 1. The molecule has 0 bridgehead atoms. The van der Waals surface area contributed by atoms with Crippen molar-refractivity contribution in [1.82, 2.24) is 4.98 Å². The number of fused-ring (bicyclic) bond motifs is 1. The number of hydrogen-bond acceptors (Lipinski definition) is 2. The molecule has 1 aromatic heterocycles. The van der Waals surface area contributed by atoms with E-state index in [1.165, 1.54) is 27.7 Å². The van der Waals surface area contributed by atoms with E-state index in [-0.39, 0.29) is 5.78 Å². The standard InChI is InChI=1S/C19H18INO/c1-13-17(12-15-4-2-3-5-18(15)21-13)19(22)11-8-14-6-9-16(20)10-7-14/h6-12H,2-5H2,1H3/b11-8+. The fourth-order valence-corrected chi connectivity index (χ4v) is 3.18. The van der Waals surface area contributed by atoms with Gasteiger partial charge in [0.25, 0.3) is 0 Å². The Morgan fingerprint density at radius 1 is 1.18 bits per heavy atom. The van der Waals surface area contributed by atoms with E-state index >= 15 is 0 Å². The fourth-order valence-electron chi connectivity index (χ4n) is 2.82. The van der Waals surface area contributed by atoms with Gasteiger partial charge in [-0.1, -0.05) is 18.2 Å². The number of rotatable bonds is 3. The Kier molecular flexibility index (Phi) is 4.71. The Labute approximate surface area is 144 Å². The highest BCUT2D eigenvalue weighted by Gasteiger charge is 2.15. The van der Waals surface area contributed by atoms with E-state index in [4.69, 9.17) is 0 Å². The molecule has 1 aromatic carbocycles. The summed E-state index contributed by atoms with van der Waals surface area (Å²) in [4.78, 5) is 17.1. The minimum atomic E-state index is 0.0388. The Morgan fingerprint density at radius 2 is 1.91 bits per heavy atom. The second-order valence-corrected chi connectivity index (χ2v) is 6.93. The van der Waals surface area contributed by atoms with E-state index < -0.39 is 0 Å². The zero-order chi connectivity index (χ0) is 15.5. The Morgan fingerprint density at radius 3 is 2.68 bits per heavy atom. The predicted molar refractivity (Wildman–Crippen MR) is 98.1 cm³/mol. The number of ketones is 1. The van der Waals surface area contributed by atoms with Crippen molar-refractivity contribution in [3.8, 4) is 0 Å². The van der Waals surface area contributed by atoms with Crippen LogP contribution in [-0.2, 0) is 12.8 Å². The van der Waals surface area contributed by atoms with Crippen LogP contribution in [0.2, 0.25) is 0 Å². The molecule has 0 fully saturated rings. The number of hydrogen-bond donors (Lipinski definition) is 0. The van der Waals surface area contributed by atoms with Gasteiger partial charge in [0, 0.05) is 20.5 Å². The molecule has 0 amide bonds. The Balaban J connectivity index is 1.84. The van der Waals surface area contributed by atoms with Crippen molar-refractivity contribution in [3.05, 3.63) is 68.1 Å². The van der Waals surface area contributed by atoms with Crippen LogP contribution in [-0.4, -0.2) is 10.8 Å². The fraction of sp³-hybridized carbons (Fsp3) is 0.263. The second kappa shape index (κ2) is 6.73. The third kappa shape index (κ3) is 3.46. The summed E-state index contributed by atoms with van der Waals surface area (Å²) in [5.41, 5.74) is 5.06. The number of aromatic nitrogens is 1. The van der Waals surface area contributed by atoms with Gasteiger partial charge in [0.05, 0.1) is 0 Å². The first kappa shape index (κ1) is 15.4. The summed E-state index contributed by atoms with van der Waals surface area (Å²) in [6.07, 6.45) is 8.02. The molecule has 0 N–H and O–H groups in total. The van der Waals surface area contributed by atoms with Gasteiger partial charge < -0.3 is 0 Å². The molecule has 0 saturated carbocycles. The third-order valence-electron chi connectivity index (χ3n) is 4.05. The van der Waals surface area contributed by atoms with Gasteiger partial charge in [0.1, 0.15) is 0 Å². The van der Waals surface area contributed by atoms with Crippen molar-refractivity contribution in [2.24, 2.45) is 0 Å². The van der Waals surface area contributed by atoms with Gasteiger partial charge in [0.2, 0.25) is 0 Å². The van der Waals surface area contributed by atoms with Crippen LogP contribution < -0.4 is 0 Å². The minimum Gasteiger partial charge on any atom is -0.289 e. The number of benzene rings is 1. The Hall–Kier alpha value is -1.49. The first-order chi connectivity index (χ1) is 10.6. The number of halogens is 1. The van der Waals surface area contributed by atoms with Gasteiger partial charge in [-0.15, -0.1) is 0 Å².